The van der Waals surface area contributed by atoms with Gasteiger partial charge >= 0.3 is 0 Å². The van der Waals surface area contributed by atoms with Crippen molar-refractivity contribution in [2.24, 2.45) is 4.99 Å². The summed E-state index contributed by atoms with van der Waals surface area (Å²) in [5, 5.41) is 11.3. The van der Waals surface area contributed by atoms with Crippen LogP contribution >= 0.6 is 11.8 Å². The number of thioether (sulfide) groups is 1. The van der Waals surface area contributed by atoms with Gasteiger partial charge in [0.2, 0.25) is 0 Å². The summed E-state index contributed by atoms with van der Waals surface area (Å²) in [6, 6.07) is 19.6. The van der Waals surface area contributed by atoms with Gasteiger partial charge in [-0.3, -0.25) is 15.1 Å². The second-order valence-electron chi connectivity index (χ2n) is 7.44. The molecule has 0 atom stereocenters. The van der Waals surface area contributed by atoms with Gasteiger partial charge < -0.3 is 4.90 Å². The molecule has 7 heteroatoms. The molecule has 0 aromatic heterocycles. The molecule has 0 radical (unpaired) electrons. The number of benzene rings is 3. The molecular formula is C25H22FN3O2S. The standard InChI is InChI=1S/C25H22FN3O2S/c1-28-14-13-27-23(22-16-20(26)8-11-24(22)28)10-7-19-15-21(29(30)31)9-12-25(19)32-17-18-5-3-2-4-6-18/h2-12,15-16H,13-14,17H2,1H3. The van der Waals surface area contributed by atoms with Crippen LogP contribution in [-0.4, -0.2) is 30.8 Å². The Labute approximate surface area is 190 Å². The molecule has 1 aliphatic heterocycles. The number of likely N-dealkylation sites (N-methyl/N-ethyl adjacent to an activating group) is 1. The fourth-order valence-electron chi connectivity index (χ4n) is 3.53. The summed E-state index contributed by atoms with van der Waals surface area (Å²) in [5.41, 5.74) is 4.22. The fourth-order valence-corrected chi connectivity index (χ4v) is 4.50. The van der Waals surface area contributed by atoms with Crippen molar-refractivity contribution in [3.05, 3.63) is 105 Å². The predicted molar refractivity (Wildman–Crippen MR) is 129 cm³/mol. The number of rotatable bonds is 6. The number of aliphatic imine (C=N–C) groups is 1. The van der Waals surface area contributed by atoms with Crippen molar-refractivity contribution >= 4 is 34.9 Å². The number of hydrogen-bond acceptors (Lipinski definition) is 5. The minimum atomic E-state index is -0.397. The van der Waals surface area contributed by atoms with Crippen LogP contribution in [0.25, 0.3) is 6.08 Å². The van der Waals surface area contributed by atoms with Crippen molar-refractivity contribution in [3.63, 3.8) is 0 Å². The van der Waals surface area contributed by atoms with Crippen LogP contribution in [0.1, 0.15) is 16.7 Å². The highest BCUT2D eigenvalue weighted by Gasteiger charge is 2.16. The van der Waals surface area contributed by atoms with E-state index in [4.69, 9.17) is 0 Å². The van der Waals surface area contributed by atoms with Crippen LogP contribution in [0.15, 0.2) is 82.7 Å². The Morgan fingerprint density at radius 3 is 2.72 bits per heavy atom. The summed E-state index contributed by atoms with van der Waals surface area (Å²) >= 11 is 1.62. The third-order valence-electron chi connectivity index (χ3n) is 5.23. The van der Waals surface area contributed by atoms with Gasteiger partial charge in [-0.2, -0.15) is 0 Å². The lowest BCUT2D eigenvalue weighted by Gasteiger charge is -2.18. The molecule has 0 amide bonds. The number of fused-ring (bicyclic) bond motifs is 1. The SMILES string of the molecule is CN1CCN=C(C=Cc2cc([N+](=O)[O-])ccc2SCc2ccccc2)c2cc(F)ccc21. The summed E-state index contributed by atoms with van der Waals surface area (Å²) in [4.78, 5) is 18.6. The third kappa shape index (κ3) is 5.06. The fraction of sp³-hybridized carbons (Fsp3) is 0.160. The van der Waals surface area contributed by atoms with E-state index in [1.807, 2.05) is 42.3 Å². The van der Waals surface area contributed by atoms with Crippen LogP contribution in [0.2, 0.25) is 0 Å². The summed E-state index contributed by atoms with van der Waals surface area (Å²) in [6.07, 6.45) is 3.65. The Balaban J connectivity index is 1.67. The highest BCUT2D eigenvalue weighted by atomic mass is 32.2. The van der Waals surface area contributed by atoms with Crippen LogP contribution < -0.4 is 4.90 Å². The van der Waals surface area contributed by atoms with Gasteiger partial charge in [0, 0.05) is 47.6 Å². The van der Waals surface area contributed by atoms with Crippen molar-refractivity contribution in [1.29, 1.82) is 0 Å². The Morgan fingerprint density at radius 1 is 1.12 bits per heavy atom. The lowest BCUT2D eigenvalue weighted by atomic mass is 10.0. The maximum absolute atomic E-state index is 14.0. The number of anilines is 1. The quantitative estimate of drug-likeness (QED) is 0.265. The van der Waals surface area contributed by atoms with Gasteiger partial charge in [0.1, 0.15) is 5.82 Å². The van der Waals surface area contributed by atoms with Crippen LogP contribution in [0.4, 0.5) is 15.8 Å². The van der Waals surface area contributed by atoms with Gasteiger partial charge in [0.25, 0.3) is 5.69 Å². The van der Waals surface area contributed by atoms with Gasteiger partial charge in [-0.15, -0.1) is 11.8 Å². The van der Waals surface area contributed by atoms with E-state index in [1.165, 1.54) is 23.8 Å². The van der Waals surface area contributed by atoms with Gasteiger partial charge in [-0.05, 0) is 41.5 Å². The first kappa shape index (κ1) is 21.8. The maximum atomic E-state index is 14.0. The smallest absolute Gasteiger partial charge is 0.270 e. The van der Waals surface area contributed by atoms with E-state index in [9.17, 15) is 14.5 Å². The third-order valence-corrected chi connectivity index (χ3v) is 6.39. The topological polar surface area (TPSA) is 58.7 Å². The molecule has 4 rings (SSSR count). The minimum Gasteiger partial charge on any atom is -0.372 e. The molecule has 0 saturated carbocycles. The van der Waals surface area contributed by atoms with Crippen molar-refractivity contribution in [1.82, 2.24) is 0 Å². The molecule has 3 aromatic rings. The molecule has 1 heterocycles. The zero-order chi connectivity index (χ0) is 22.5. The molecule has 3 aromatic carbocycles. The summed E-state index contributed by atoms with van der Waals surface area (Å²) in [6.45, 7) is 1.31. The van der Waals surface area contributed by atoms with Gasteiger partial charge in [-0.1, -0.05) is 36.4 Å². The lowest BCUT2D eigenvalue weighted by Crippen LogP contribution is -2.20. The van der Waals surface area contributed by atoms with E-state index < -0.39 is 4.92 Å². The number of benzodiazepines with no additional fused rings is 1. The Morgan fingerprint density at radius 2 is 1.94 bits per heavy atom. The number of allylic oxidation sites excluding steroid dienone is 1. The summed E-state index contributed by atoms with van der Waals surface area (Å²) in [5.74, 6) is 0.425. The monoisotopic (exact) mass is 447 g/mol. The van der Waals surface area contributed by atoms with Gasteiger partial charge in [0.15, 0.2) is 0 Å². The minimum absolute atomic E-state index is 0.0303. The van der Waals surface area contributed by atoms with E-state index >= 15 is 0 Å². The number of halogens is 1. The number of non-ortho nitro benzene ring substituents is 1. The first-order valence-corrected chi connectivity index (χ1v) is 11.2. The molecule has 0 saturated heterocycles. The number of nitro groups is 1. The van der Waals surface area contributed by atoms with E-state index in [0.717, 1.165) is 28.4 Å². The molecule has 0 bridgehead atoms. The van der Waals surface area contributed by atoms with Crippen molar-refractivity contribution in [2.75, 3.05) is 25.0 Å². The average molecular weight is 448 g/mol. The normalized spacial score (nSPS) is 13.6. The van der Waals surface area contributed by atoms with E-state index in [0.29, 0.717) is 17.8 Å². The molecule has 1 aliphatic rings. The zero-order valence-corrected chi connectivity index (χ0v) is 18.4. The largest absolute Gasteiger partial charge is 0.372 e. The Kier molecular flexibility index (Phi) is 6.66. The average Bonchev–Trinajstić information content (AvgIpc) is 2.95. The molecule has 0 fully saturated rings. The van der Waals surface area contributed by atoms with Crippen molar-refractivity contribution in [2.45, 2.75) is 10.6 Å². The molecule has 5 nitrogen and oxygen atoms in total. The van der Waals surface area contributed by atoms with Crippen LogP contribution in [0.5, 0.6) is 0 Å². The second kappa shape index (κ2) is 9.78. The van der Waals surface area contributed by atoms with Crippen molar-refractivity contribution < 1.29 is 9.31 Å². The first-order chi connectivity index (χ1) is 15.5. The summed E-state index contributed by atoms with van der Waals surface area (Å²) < 4.78 is 14.0. The highest BCUT2D eigenvalue weighted by Crippen LogP contribution is 2.31. The summed E-state index contributed by atoms with van der Waals surface area (Å²) in [7, 11) is 1.96. The van der Waals surface area contributed by atoms with E-state index in [-0.39, 0.29) is 11.5 Å². The van der Waals surface area contributed by atoms with Crippen LogP contribution in [-0.2, 0) is 5.75 Å². The Bertz CT molecular complexity index is 1200. The molecule has 32 heavy (non-hydrogen) atoms. The van der Waals surface area contributed by atoms with E-state index in [1.54, 1.807) is 30.0 Å². The Hall–Kier alpha value is -3.45. The molecule has 0 aliphatic carbocycles. The zero-order valence-electron chi connectivity index (χ0n) is 17.6. The first-order valence-electron chi connectivity index (χ1n) is 10.2. The van der Waals surface area contributed by atoms with E-state index in [2.05, 4.69) is 17.1 Å². The van der Waals surface area contributed by atoms with Crippen LogP contribution in [0.3, 0.4) is 0 Å². The van der Waals surface area contributed by atoms with Crippen LogP contribution in [0, 0.1) is 15.9 Å². The number of nitrogens with zero attached hydrogens (tertiary/aromatic N) is 3. The molecule has 0 unspecified atom stereocenters. The molecule has 162 valence electrons. The molecule has 0 N–H and O–H groups in total. The number of nitro benzene ring substituents is 1. The van der Waals surface area contributed by atoms with Crippen molar-refractivity contribution in [3.8, 4) is 0 Å². The second-order valence-corrected chi connectivity index (χ2v) is 8.45. The highest BCUT2D eigenvalue weighted by molar-refractivity contribution is 7.98. The lowest BCUT2D eigenvalue weighted by molar-refractivity contribution is -0.384. The number of hydrogen-bond donors (Lipinski definition) is 0. The molecule has 0 spiro atoms. The predicted octanol–water partition coefficient (Wildman–Crippen LogP) is 5.98. The van der Waals surface area contributed by atoms with Gasteiger partial charge in [0.05, 0.1) is 17.2 Å². The molecular weight excluding hydrogens is 425 g/mol. The maximum Gasteiger partial charge on any atom is 0.270 e. The van der Waals surface area contributed by atoms with Gasteiger partial charge in [-0.25, -0.2) is 4.39 Å².